The minimum Gasteiger partial charge on any atom is -0.367 e. The van der Waals surface area contributed by atoms with Crippen LogP contribution in [0.4, 0.5) is 5.69 Å². The maximum Gasteiger partial charge on any atom is 0.229 e. The number of nitrogens with zero attached hydrogens (tertiary/aromatic N) is 3. The van der Waals surface area contributed by atoms with Crippen molar-refractivity contribution in [3.63, 3.8) is 0 Å². The highest BCUT2D eigenvalue weighted by Gasteiger charge is 2.47. The SMILES string of the molecule is CCC1CN(c2ccc(Cl)c(-c3nc4ccc(C)cc4[nH]3)c2)C(C)CC(C)(C)N1C(=O)C1(C)CCCCCCC1. The topological polar surface area (TPSA) is 52.2 Å². The number of hydrogen-bond acceptors (Lipinski definition) is 3. The Morgan fingerprint density at radius 1 is 1.05 bits per heavy atom. The van der Waals surface area contributed by atoms with Crippen molar-refractivity contribution in [2.75, 3.05) is 11.4 Å². The van der Waals surface area contributed by atoms with Crippen LogP contribution >= 0.6 is 11.6 Å². The molecule has 2 heterocycles. The van der Waals surface area contributed by atoms with E-state index in [-0.39, 0.29) is 23.0 Å². The predicted molar refractivity (Wildman–Crippen MR) is 168 cm³/mol. The molecule has 1 saturated carbocycles. The molecule has 0 spiro atoms. The van der Waals surface area contributed by atoms with Crippen LogP contribution in [0.5, 0.6) is 0 Å². The van der Waals surface area contributed by atoms with E-state index in [2.05, 4.69) is 86.7 Å². The van der Waals surface area contributed by atoms with Gasteiger partial charge in [0.1, 0.15) is 5.82 Å². The first-order chi connectivity index (χ1) is 19.0. The number of carbonyl (C=O) groups excluding carboxylic acids is 1. The summed E-state index contributed by atoms with van der Waals surface area (Å²) in [4.78, 5) is 27.6. The van der Waals surface area contributed by atoms with E-state index in [9.17, 15) is 4.79 Å². The molecule has 3 aromatic rings. The number of carbonyl (C=O) groups is 1. The smallest absolute Gasteiger partial charge is 0.229 e. The van der Waals surface area contributed by atoms with Crippen LogP contribution in [0.15, 0.2) is 36.4 Å². The first-order valence-corrected chi connectivity index (χ1v) is 15.8. The minimum atomic E-state index is -0.267. The van der Waals surface area contributed by atoms with E-state index in [0.29, 0.717) is 10.9 Å². The third-order valence-corrected chi connectivity index (χ3v) is 9.92. The number of benzene rings is 2. The number of aromatic nitrogens is 2. The van der Waals surface area contributed by atoms with Crippen molar-refractivity contribution in [1.29, 1.82) is 0 Å². The summed E-state index contributed by atoms with van der Waals surface area (Å²) < 4.78 is 0. The number of fused-ring (bicyclic) bond motifs is 1. The maximum absolute atomic E-state index is 14.5. The molecule has 2 atom stereocenters. The van der Waals surface area contributed by atoms with Crippen molar-refractivity contribution in [3.8, 4) is 11.4 Å². The van der Waals surface area contributed by atoms with E-state index in [0.717, 1.165) is 73.2 Å². The molecule has 2 aliphatic rings. The average Bonchev–Trinajstić information content (AvgIpc) is 3.27. The van der Waals surface area contributed by atoms with Crippen LogP contribution < -0.4 is 4.90 Å². The summed E-state index contributed by atoms with van der Waals surface area (Å²) in [7, 11) is 0. The van der Waals surface area contributed by atoms with Crippen molar-refractivity contribution in [3.05, 3.63) is 47.0 Å². The first-order valence-electron chi connectivity index (χ1n) is 15.4. The van der Waals surface area contributed by atoms with Crippen LogP contribution in [0.2, 0.25) is 5.02 Å². The second-order valence-corrected chi connectivity index (χ2v) is 13.8. The number of imidazole rings is 1. The Bertz CT molecular complexity index is 1350. The zero-order chi connectivity index (χ0) is 28.7. The quantitative estimate of drug-likeness (QED) is 0.345. The number of amides is 1. The normalized spacial score (nSPS) is 23.5. The van der Waals surface area contributed by atoms with Crippen LogP contribution in [0.25, 0.3) is 22.4 Å². The highest BCUT2D eigenvalue weighted by atomic mass is 35.5. The van der Waals surface area contributed by atoms with E-state index >= 15 is 0 Å². The fourth-order valence-electron chi connectivity index (χ4n) is 7.34. The molecular weight excluding hydrogens is 516 g/mol. The summed E-state index contributed by atoms with van der Waals surface area (Å²) in [5.41, 5.74) is 4.69. The lowest BCUT2D eigenvalue weighted by molar-refractivity contribution is -0.151. The number of nitrogens with one attached hydrogen (secondary N) is 1. The summed E-state index contributed by atoms with van der Waals surface area (Å²) >= 11 is 6.76. The number of hydrogen-bond donors (Lipinski definition) is 1. The Balaban J connectivity index is 1.48. The summed E-state index contributed by atoms with van der Waals surface area (Å²) in [5, 5.41) is 0.684. The highest BCUT2D eigenvalue weighted by molar-refractivity contribution is 6.33. The molecule has 40 heavy (non-hydrogen) atoms. The molecule has 1 aliphatic carbocycles. The lowest BCUT2D eigenvalue weighted by Gasteiger charge is -2.47. The van der Waals surface area contributed by atoms with Gasteiger partial charge in [0.25, 0.3) is 0 Å². The van der Waals surface area contributed by atoms with Gasteiger partial charge in [-0.3, -0.25) is 4.79 Å². The van der Waals surface area contributed by atoms with E-state index in [1.807, 2.05) is 6.07 Å². The van der Waals surface area contributed by atoms with Crippen LogP contribution in [0.3, 0.4) is 0 Å². The van der Waals surface area contributed by atoms with E-state index < -0.39 is 0 Å². The summed E-state index contributed by atoms with van der Waals surface area (Å²) in [6.07, 6.45) is 9.97. The molecule has 5 rings (SSSR count). The predicted octanol–water partition coefficient (Wildman–Crippen LogP) is 8.93. The molecule has 2 aromatic carbocycles. The molecule has 5 nitrogen and oxygen atoms in total. The standard InChI is InChI=1S/C34H47ClN4O/c1-7-25-22-38(24(3)21-33(4,5)39(25)32(40)34(6)17-11-9-8-10-12-18-34)26-14-15-28(35)27(20-26)31-36-29-16-13-23(2)19-30(29)37-31/h13-16,19-20,24-25H,7-12,17-18,21-22H2,1-6H3,(H,36,37). The Morgan fingerprint density at radius 2 is 1.75 bits per heavy atom. The van der Waals surface area contributed by atoms with Crippen LogP contribution in [-0.4, -0.2) is 44.9 Å². The van der Waals surface area contributed by atoms with Gasteiger partial charge in [-0.25, -0.2) is 4.98 Å². The van der Waals surface area contributed by atoms with Gasteiger partial charge in [-0.05, 0) is 89.3 Å². The van der Waals surface area contributed by atoms with Crippen LogP contribution in [0, 0.1) is 12.3 Å². The average molecular weight is 563 g/mol. The Morgan fingerprint density at radius 3 is 2.45 bits per heavy atom. The Hall–Kier alpha value is -2.53. The van der Waals surface area contributed by atoms with Gasteiger partial charge in [0.2, 0.25) is 5.91 Å². The number of aromatic amines is 1. The van der Waals surface area contributed by atoms with Crippen molar-refractivity contribution >= 4 is 34.2 Å². The van der Waals surface area contributed by atoms with E-state index in [1.54, 1.807) is 0 Å². The van der Waals surface area contributed by atoms with Gasteiger partial charge in [-0.2, -0.15) is 0 Å². The van der Waals surface area contributed by atoms with Crippen molar-refractivity contribution in [1.82, 2.24) is 14.9 Å². The van der Waals surface area contributed by atoms with Crippen molar-refractivity contribution in [2.45, 2.75) is 117 Å². The fraction of sp³-hybridized carbons (Fsp3) is 0.588. The Kier molecular flexibility index (Phi) is 8.25. The van der Waals surface area contributed by atoms with E-state index in [1.165, 1.54) is 24.8 Å². The third-order valence-electron chi connectivity index (χ3n) is 9.59. The third kappa shape index (κ3) is 5.64. The van der Waals surface area contributed by atoms with Crippen LogP contribution in [-0.2, 0) is 4.79 Å². The van der Waals surface area contributed by atoms with Gasteiger partial charge in [0.05, 0.1) is 16.1 Å². The van der Waals surface area contributed by atoms with Crippen molar-refractivity contribution in [2.24, 2.45) is 5.41 Å². The molecule has 0 bridgehead atoms. The van der Waals surface area contributed by atoms with Gasteiger partial charge in [-0.15, -0.1) is 0 Å². The molecule has 1 aliphatic heterocycles. The number of H-pyrrole nitrogens is 1. The van der Waals surface area contributed by atoms with Gasteiger partial charge in [0.15, 0.2) is 0 Å². The van der Waals surface area contributed by atoms with Gasteiger partial charge in [-0.1, -0.05) is 63.6 Å². The zero-order valence-corrected chi connectivity index (χ0v) is 26.1. The van der Waals surface area contributed by atoms with Crippen LogP contribution in [0.1, 0.15) is 98.0 Å². The van der Waals surface area contributed by atoms with Gasteiger partial charge >= 0.3 is 0 Å². The van der Waals surface area contributed by atoms with Crippen molar-refractivity contribution < 1.29 is 4.79 Å². The summed E-state index contributed by atoms with van der Waals surface area (Å²) in [5.74, 6) is 1.16. The van der Waals surface area contributed by atoms with E-state index in [4.69, 9.17) is 16.6 Å². The molecule has 2 unspecified atom stereocenters. The van der Waals surface area contributed by atoms with Gasteiger partial charge in [0, 0.05) is 40.8 Å². The molecule has 1 aromatic heterocycles. The second-order valence-electron chi connectivity index (χ2n) is 13.4. The first kappa shape index (κ1) is 29.0. The monoisotopic (exact) mass is 562 g/mol. The molecule has 1 saturated heterocycles. The molecule has 1 amide bonds. The molecule has 6 heteroatoms. The summed E-state index contributed by atoms with van der Waals surface area (Å²) in [6, 6.07) is 13.0. The lowest BCUT2D eigenvalue weighted by Crippen LogP contribution is -2.58. The number of rotatable bonds is 4. The fourth-order valence-corrected chi connectivity index (χ4v) is 7.55. The zero-order valence-electron chi connectivity index (χ0n) is 25.3. The highest BCUT2D eigenvalue weighted by Crippen LogP contribution is 2.42. The molecule has 2 fully saturated rings. The lowest BCUT2D eigenvalue weighted by atomic mass is 9.75. The number of aryl methyl sites for hydroxylation is 1. The molecule has 1 N–H and O–H groups in total. The maximum atomic E-state index is 14.5. The largest absolute Gasteiger partial charge is 0.367 e. The second kappa shape index (κ2) is 11.4. The molecule has 0 radical (unpaired) electrons. The number of anilines is 1. The Labute approximate surface area is 245 Å². The minimum absolute atomic E-state index is 0.142. The number of halogens is 1. The summed E-state index contributed by atoms with van der Waals surface area (Å²) in [6.45, 7) is 14.2. The molecular formula is C34H47ClN4O. The van der Waals surface area contributed by atoms with Gasteiger partial charge < -0.3 is 14.8 Å². The molecule has 216 valence electrons.